The highest BCUT2D eigenvalue weighted by Gasteiger charge is 2.32. The number of nitro groups is 1. The highest BCUT2D eigenvalue weighted by atomic mass is 32.2. The fourth-order valence-corrected chi connectivity index (χ4v) is 4.76. The lowest BCUT2D eigenvalue weighted by Gasteiger charge is -2.18. The Hall–Kier alpha value is -2.53. The summed E-state index contributed by atoms with van der Waals surface area (Å²) in [6.07, 6.45) is 3.64. The zero-order valence-electron chi connectivity index (χ0n) is 14.5. The summed E-state index contributed by atoms with van der Waals surface area (Å²) in [5, 5.41) is 22.0. The molecule has 1 N–H and O–H groups in total. The Balaban J connectivity index is 1.61. The molecule has 10 nitrogen and oxygen atoms in total. The molecule has 144 valence electrons. The largest absolute Gasteiger partial charge is 0.423 e. The molecule has 2 fully saturated rings. The van der Waals surface area contributed by atoms with Crippen molar-refractivity contribution in [2.45, 2.75) is 43.0 Å². The van der Waals surface area contributed by atoms with Crippen molar-refractivity contribution in [3.05, 3.63) is 40.1 Å². The van der Waals surface area contributed by atoms with E-state index in [2.05, 4.69) is 15.5 Å². The lowest BCUT2D eigenvalue weighted by atomic mass is 10.3. The zero-order valence-corrected chi connectivity index (χ0v) is 15.3. The summed E-state index contributed by atoms with van der Waals surface area (Å²) in [6, 6.07) is 3.77. The maximum Gasteiger partial charge on any atom is 0.270 e. The lowest BCUT2D eigenvalue weighted by Crippen LogP contribution is -2.28. The molecule has 11 heteroatoms. The quantitative estimate of drug-likeness (QED) is 0.560. The van der Waals surface area contributed by atoms with Crippen LogP contribution >= 0.6 is 0 Å². The van der Waals surface area contributed by atoms with E-state index in [4.69, 9.17) is 4.42 Å². The van der Waals surface area contributed by atoms with Gasteiger partial charge in [0.2, 0.25) is 21.8 Å². The van der Waals surface area contributed by atoms with Crippen LogP contribution in [-0.4, -0.2) is 40.9 Å². The minimum absolute atomic E-state index is 0.111. The van der Waals surface area contributed by atoms with E-state index in [0.717, 1.165) is 31.7 Å². The van der Waals surface area contributed by atoms with E-state index in [-0.39, 0.29) is 22.8 Å². The third kappa shape index (κ3) is 3.65. The van der Waals surface area contributed by atoms with E-state index < -0.39 is 14.9 Å². The summed E-state index contributed by atoms with van der Waals surface area (Å²) in [6.45, 7) is 0.970. The van der Waals surface area contributed by atoms with E-state index >= 15 is 0 Å². The topological polar surface area (TPSA) is 131 Å². The van der Waals surface area contributed by atoms with Gasteiger partial charge in [0.05, 0.1) is 17.2 Å². The molecule has 0 bridgehead atoms. The minimum atomic E-state index is -3.83. The van der Waals surface area contributed by atoms with Crippen LogP contribution in [0.3, 0.4) is 0 Å². The Morgan fingerprint density at radius 1 is 1.26 bits per heavy atom. The van der Waals surface area contributed by atoms with Crippen LogP contribution in [0, 0.1) is 10.1 Å². The second kappa shape index (κ2) is 6.89. The highest BCUT2D eigenvalue weighted by Crippen LogP contribution is 2.39. The standard InChI is InChI=1S/C16H19N5O5S/c22-21(23)12-5-6-13(14(9-12)27(24,25)20-7-1-2-8-20)17-10-15-18-19-16(26-15)11-3-4-11/h5-6,9,11,17H,1-4,7-8,10H2. The van der Waals surface area contributed by atoms with Crippen molar-refractivity contribution in [1.29, 1.82) is 0 Å². The van der Waals surface area contributed by atoms with Gasteiger partial charge >= 0.3 is 0 Å². The molecule has 1 aromatic heterocycles. The lowest BCUT2D eigenvalue weighted by molar-refractivity contribution is -0.385. The van der Waals surface area contributed by atoms with Crippen molar-refractivity contribution in [3.63, 3.8) is 0 Å². The molecule has 4 rings (SSSR count). The van der Waals surface area contributed by atoms with Crippen LogP contribution in [0.5, 0.6) is 0 Å². The van der Waals surface area contributed by atoms with Crippen molar-refractivity contribution in [2.75, 3.05) is 18.4 Å². The summed E-state index contributed by atoms with van der Waals surface area (Å²) in [7, 11) is -3.83. The number of anilines is 1. The fraction of sp³-hybridized carbons (Fsp3) is 0.500. The second-order valence-corrected chi connectivity index (χ2v) is 8.62. The summed E-state index contributed by atoms with van der Waals surface area (Å²) in [5.41, 5.74) is 0.00537. The molecule has 2 aromatic rings. The van der Waals surface area contributed by atoms with Crippen LogP contribution in [0.2, 0.25) is 0 Å². The molecule has 1 saturated carbocycles. The Bertz CT molecular complexity index is 963. The first-order chi connectivity index (χ1) is 12.9. The smallest absolute Gasteiger partial charge is 0.270 e. The van der Waals surface area contributed by atoms with Crippen molar-refractivity contribution in [2.24, 2.45) is 0 Å². The highest BCUT2D eigenvalue weighted by molar-refractivity contribution is 7.89. The molecule has 0 amide bonds. The second-order valence-electron chi connectivity index (χ2n) is 6.71. The Morgan fingerprint density at radius 3 is 2.67 bits per heavy atom. The molecule has 1 aliphatic heterocycles. The Kier molecular flexibility index (Phi) is 4.56. The summed E-state index contributed by atoms with van der Waals surface area (Å²) in [5.74, 6) is 1.27. The van der Waals surface area contributed by atoms with Crippen LogP contribution in [-0.2, 0) is 16.6 Å². The predicted octanol–water partition coefficient (Wildman–Crippen LogP) is 2.25. The first kappa shape index (κ1) is 17.9. The van der Waals surface area contributed by atoms with Gasteiger partial charge in [-0.1, -0.05) is 0 Å². The van der Waals surface area contributed by atoms with Crippen molar-refractivity contribution < 1.29 is 17.8 Å². The van der Waals surface area contributed by atoms with Crippen molar-refractivity contribution in [3.8, 4) is 0 Å². The van der Waals surface area contributed by atoms with Gasteiger partial charge in [-0.25, -0.2) is 8.42 Å². The van der Waals surface area contributed by atoms with Gasteiger partial charge in [-0.2, -0.15) is 4.31 Å². The summed E-state index contributed by atoms with van der Waals surface area (Å²) < 4.78 is 32.8. The molecule has 27 heavy (non-hydrogen) atoms. The van der Waals surface area contributed by atoms with Gasteiger partial charge in [0.15, 0.2) is 0 Å². The SMILES string of the molecule is O=[N+]([O-])c1ccc(NCc2nnc(C3CC3)o2)c(S(=O)(=O)N2CCCC2)c1. The molecule has 2 heterocycles. The molecule has 1 saturated heterocycles. The number of nitrogens with zero attached hydrogens (tertiary/aromatic N) is 4. The zero-order chi connectivity index (χ0) is 19.0. The van der Waals surface area contributed by atoms with Crippen LogP contribution in [0.4, 0.5) is 11.4 Å². The maximum absolute atomic E-state index is 13.0. The average Bonchev–Trinajstić information content (AvgIpc) is 3.15. The van der Waals surface area contributed by atoms with Crippen LogP contribution in [0.25, 0.3) is 0 Å². The predicted molar refractivity (Wildman–Crippen MR) is 94.7 cm³/mol. The number of benzene rings is 1. The monoisotopic (exact) mass is 393 g/mol. The van der Waals surface area contributed by atoms with Gasteiger partial charge in [0.1, 0.15) is 4.90 Å². The third-order valence-electron chi connectivity index (χ3n) is 4.70. The van der Waals surface area contributed by atoms with Gasteiger partial charge in [0, 0.05) is 31.1 Å². The molecule has 0 radical (unpaired) electrons. The molecule has 1 aromatic carbocycles. The normalized spacial score (nSPS) is 17.9. The number of hydrogen-bond donors (Lipinski definition) is 1. The number of aromatic nitrogens is 2. The van der Waals surface area contributed by atoms with Gasteiger partial charge in [-0.3, -0.25) is 10.1 Å². The first-order valence-electron chi connectivity index (χ1n) is 8.80. The van der Waals surface area contributed by atoms with Gasteiger partial charge in [0.25, 0.3) is 5.69 Å². The van der Waals surface area contributed by atoms with Gasteiger partial charge < -0.3 is 9.73 Å². The minimum Gasteiger partial charge on any atom is -0.423 e. The third-order valence-corrected chi connectivity index (χ3v) is 6.64. The van der Waals surface area contributed by atoms with Crippen molar-refractivity contribution in [1.82, 2.24) is 14.5 Å². The van der Waals surface area contributed by atoms with E-state index in [1.807, 2.05) is 0 Å². The van der Waals surface area contributed by atoms with Crippen molar-refractivity contribution >= 4 is 21.4 Å². The molecular weight excluding hydrogens is 374 g/mol. The number of nitro benzene ring substituents is 1. The average molecular weight is 393 g/mol. The summed E-state index contributed by atoms with van der Waals surface area (Å²) >= 11 is 0. The van der Waals surface area contributed by atoms with E-state index in [0.29, 0.717) is 30.8 Å². The van der Waals surface area contributed by atoms with E-state index in [1.165, 1.54) is 16.4 Å². The maximum atomic E-state index is 13.0. The summed E-state index contributed by atoms with van der Waals surface area (Å²) in [4.78, 5) is 10.4. The number of sulfonamides is 1. The molecule has 0 atom stereocenters. The Labute approximate surface area is 155 Å². The van der Waals surface area contributed by atoms with Crippen LogP contribution < -0.4 is 5.32 Å². The van der Waals surface area contributed by atoms with Gasteiger partial charge in [-0.15, -0.1) is 10.2 Å². The van der Waals surface area contributed by atoms with E-state index in [9.17, 15) is 18.5 Å². The Morgan fingerprint density at radius 2 is 2.00 bits per heavy atom. The molecule has 1 aliphatic carbocycles. The number of nitrogens with one attached hydrogen (secondary N) is 1. The first-order valence-corrected chi connectivity index (χ1v) is 10.2. The van der Waals surface area contributed by atoms with E-state index in [1.54, 1.807) is 0 Å². The fourth-order valence-electron chi connectivity index (χ4n) is 3.06. The number of rotatable bonds is 7. The van der Waals surface area contributed by atoms with Gasteiger partial charge in [-0.05, 0) is 31.7 Å². The molecule has 0 unspecified atom stereocenters. The number of hydrogen-bond acceptors (Lipinski definition) is 8. The molecule has 2 aliphatic rings. The van der Waals surface area contributed by atoms with Crippen LogP contribution in [0.15, 0.2) is 27.5 Å². The van der Waals surface area contributed by atoms with Crippen LogP contribution in [0.1, 0.15) is 43.4 Å². The molecular formula is C16H19N5O5S. The molecule has 0 spiro atoms. The number of non-ortho nitro benzene ring substituents is 1.